The molecule has 54 valence electrons. The van der Waals surface area contributed by atoms with E-state index < -0.39 is 0 Å². The van der Waals surface area contributed by atoms with Gasteiger partial charge in [0.15, 0.2) is 0 Å². The lowest BCUT2D eigenvalue weighted by Crippen LogP contribution is -2.13. The van der Waals surface area contributed by atoms with Crippen molar-refractivity contribution < 1.29 is 5.11 Å². The number of aliphatic hydroxyl groups is 1. The third-order valence-electron chi connectivity index (χ3n) is 2.55. The molecule has 0 aromatic rings. The highest BCUT2D eigenvalue weighted by molar-refractivity contribution is 4.81. The SMILES string of the molecule is CC(CO)C(C)C1CC1. The summed E-state index contributed by atoms with van der Waals surface area (Å²) in [5.41, 5.74) is 0. The maximum Gasteiger partial charge on any atom is 0.0459 e. The quantitative estimate of drug-likeness (QED) is 0.613. The monoisotopic (exact) mass is 128 g/mol. The average molecular weight is 128 g/mol. The van der Waals surface area contributed by atoms with Crippen LogP contribution < -0.4 is 0 Å². The van der Waals surface area contributed by atoms with E-state index in [1.165, 1.54) is 12.8 Å². The van der Waals surface area contributed by atoms with Crippen LogP contribution in [-0.4, -0.2) is 11.7 Å². The number of hydrogen-bond donors (Lipinski definition) is 1. The van der Waals surface area contributed by atoms with Crippen LogP contribution in [0.3, 0.4) is 0 Å². The topological polar surface area (TPSA) is 20.2 Å². The Morgan fingerprint density at radius 3 is 2.33 bits per heavy atom. The number of aliphatic hydroxyl groups excluding tert-OH is 1. The van der Waals surface area contributed by atoms with Gasteiger partial charge in [-0.3, -0.25) is 0 Å². The highest BCUT2D eigenvalue weighted by Crippen LogP contribution is 2.39. The van der Waals surface area contributed by atoms with Crippen LogP contribution in [0.5, 0.6) is 0 Å². The molecule has 0 saturated heterocycles. The fourth-order valence-corrected chi connectivity index (χ4v) is 1.25. The normalized spacial score (nSPS) is 25.7. The van der Waals surface area contributed by atoms with Crippen molar-refractivity contribution >= 4 is 0 Å². The van der Waals surface area contributed by atoms with E-state index in [0.717, 1.165) is 11.8 Å². The summed E-state index contributed by atoms with van der Waals surface area (Å²) in [6.07, 6.45) is 2.79. The third-order valence-corrected chi connectivity index (χ3v) is 2.55. The van der Waals surface area contributed by atoms with Gasteiger partial charge in [0.2, 0.25) is 0 Å². The Bertz CT molecular complexity index is 86.6. The van der Waals surface area contributed by atoms with Gasteiger partial charge in [0.25, 0.3) is 0 Å². The molecule has 0 aliphatic heterocycles. The summed E-state index contributed by atoms with van der Waals surface area (Å²) < 4.78 is 0. The van der Waals surface area contributed by atoms with E-state index >= 15 is 0 Å². The van der Waals surface area contributed by atoms with Crippen LogP contribution in [0.4, 0.5) is 0 Å². The minimum atomic E-state index is 0.359. The van der Waals surface area contributed by atoms with E-state index in [0.29, 0.717) is 12.5 Å². The fraction of sp³-hybridized carbons (Fsp3) is 1.00. The molecule has 1 heteroatoms. The molecule has 1 aliphatic rings. The Kier molecular flexibility index (Phi) is 2.12. The van der Waals surface area contributed by atoms with Gasteiger partial charge in [-0.25, -0.2) is 0 Å². The van der Waals surface area contributed by atoms with E-state index in [1.807, 2.05) is 0 Å². The molecule has 0 aromatic carbocycles. The van der Waals surface area contributed by atoms with E-state index in [1.54, 1.807) is 0 Å². The largest absolute Gasteiger partial charge is 0.396 e. The lowest BCUT2D eigenvalue weighted by Gasteiger charge is -2.15. The Morgan fingerprint density at radius 1 is 1.44 bits per heavy atom. The molecule has 1 nitrogen and oxygen atoms in total. The molecule has 0 spiro atoms. The summed E-state index contributed by atoms with van der Waals surface area (Å²) in [4.78, 5) is 0. The zero-order valence-electron chi connectivity index (χ0n) is 6.30. The van der Waals surface area contributed by atoms with Gasteiger partial charge >= 0.3 is 0 Å². The summed E-state index contributed by atoms with van der Waals surface area (Å²) in [6, 6.07) is 0. The van der Waals surface area contributed by atoms with Crippen molar-refractivity contribution in [3.8, 4) is 0 Å². The van der Waals surface area contributed by atoms with Crippen LogP contribution >= 0.6 is 0 Å². The Hall–Kier alpha value is -0.0400. The molecule has 1 N–H and O–H groups in total. The molecule has 0 radical (unpaired) electrons. The second kappa shape index (κ2) is 2.70. The van der Waals surface area contributed by atoms with E-state index in [9.17, 15) is 0 Å². The molecule has 1 fully saturated rings. The molecule has 9 heavy (non-hydrogen) atoms. The van der Waals surface area contributed by atoms with Crippen molar-refractivity contribution in [1.29, 1.82) is 0 Å². The molecule has 1 rings (SSSR count). The van der Waals surface area contributed by atoms with Crippen molar-refractivity contribution in [2.24, 2.45) is 17.8 Å². The first-order valence-corrected chi connectivity index (χ1v) is 3.86. The van der Waals surface area contributed by atoms with Crippen LogP contribution in [0, 0.1) is 17.8 Å². The first-order valence-electron chi connectivity index (χ1n) is 3.86. The van der Waals surface area contributed by atoms with Gasteiger partial charge in [-0.2, -0.15) is 0 Å². The molecule has 2 unspecified atom stereocenters. The van der Waals surface area contributed by atoms with Crippen molar-refractivity contribution in [3.05, 3.63) is 0 Å². The molecule has 0 heterocycles. The van der Waals surface area contributed by atoms with Crippen molar-refractivity contribution in [2.75, 3.05) is 6.61 Å². The van der Waals surface area contributed by atoms with Crippen LogP contribution in [0.15, 0.2) is 0 Å². The zero-order valence-corrected chi connectivity index (χ0v) is 6.30. The highest BCUT2D eigenvalue weighted by Gasteiger charge is 2.30. The second-order valence-corrected chi connectivity index (χ2v) is 3.36. The van der Waals surface area contributed by atoms with Gasteiger partial charge in [0.05, 0.1) is 0 Å². The number of rotatable bonds is 3. The van der Waals surface area contributed by atoms with Crippen molar-refractivity contribution in [1.82, 2.24) is 0 Å². The van der Waals surface area contributed by atoms with Gasteiger partial charge < -0.3 is 5.11 Å². The van der Waals surface area contributed by atoms with Crippen molar-refractivity contribution in [2.45, 2.75) is 26.7 Å². The number of hydrogen-bond acceptors (Lipinski definition) is 1. The van der Waals surface area contributed by atoms with E-state index in [4.69, 9.17) is 5.11 Å². The Morgan fingerprint density at radius 2 is 2.00 bits per heavy atom. The van der Waals surface area contributed by atoms with Gasteiger partial charge in [-0.05, 0) is 30.6 Å². The summed E-state index contributed by atoms with van der Waals surface area (Å²) >= 11 is 0. The molecular weight excluding hydrogens is 112 g/mol. The molecule has 0 amide bonds. The summed E-state index contributed by atoms with van der Waals surface area (Å²) in [6.45, 7) is 4.74. The fourth-order valence-electron chi connectivity index (χ4n) is 1.25. The molecule has 1 aliphatic carbocycles. The van der Waals surface area contributed by atoms with Gasteiger partial charge in [0, 0.05) is 6.61 Å². The van der Waals surface area contributed by atoms with Crippen LogP contribution in [0.1, 0.15) is 26.7 Å². The minimum absolute atomic E-state index is 0.359. The lowest BCUT2D eigenvalue weighted by atomic mass is 9.92. The second-order valence-electron chi connectivity index (χ2n) is 3.36. The summed E-state index contributed by atoms with van der Waals surface area (Å²) in [5, 5.41) is 8.78. The van der Waals surface area contributed by atoms with Gasteiger partial charge in [-0.1, -0.05) is 13.8 Å². The smallest absolute Gasteiger partial charge is 0.0459 e. The molecule has 2 atom stereocenters. The predicted molar refractivity (Wildman–Crippen MR) is 38.1 cm³/mol. The molecule has 0 aromatic heterocycles. The van der Waals surface area contributed by atoms with E-state index in [-0.39, 0.29) is 0 Å². The first-order chi connectivity index (χ1) is 4.25. The van der Waals surface area contributed by atoms with Crippen LogP contribution in [-0.2, 0) is 0 Å². The minimum Gasteiger partial charge on any atom is -0.396 e. The lowest BCUT2D eigenvalue weighted by molar-refractivity contribution is 0.184. The maximum atomic E-state index is 8.78. The molecule has 0 bridgehead atoms. The zero-order chi connectivity index (χ0) is 6.85. The van der Waals surface area contributed by atoms with Gasteiger partial charge in [0.1, 0.15) is 0 Å². The van der Waals surface area contributed by atoms with Crippen LogP contribution in [0.25, 0.3) is 0 Å². The van der Waals surface area contributed by atoms with Gasteiger partial charge in [-0.15, -0.1) is 0 Å². The molecule has 1 saturated carbocycles. The highest BCUT2D eigenvalue weighted by atomic mass is 16.3. The van der Waals surface area contributed by atoms with E-state index in [2.05, 4.69) is 13.8 Å². The van der Waals surface area contributed by atoms with Crippen molar-refractivity contribution in [3.63, 3.8) is 0 Å². The summed E-state index contributed by atoms with van der Waals surface area (Å²) in [7, 11) is 0. The standard InChI is InChI=1S/C8H16O/c1-6(5-9)7(2)8-3-4-8/h6-9H,3-5H2,1-2H3. The first kappa shape index (κ1) is 7.07. The predicted octanol–water partition coefficient (Wildman–Crippen LogP) is 1.66. The Balaban J connectivity index is 2.22. The molecular formula is C8H16O. The maximum absolute atomic E-state index is 8.78. The Labute approximate surface area is 57.1 Å². The average Bonchev–Trinajstić information content (AvgIpc) is 2.66. The summed E-state index contributed by atoms with van der Waals surface area (Å²) in [5.74, 6) is 2.19. The van der Waals surface area contributed by atoms with Crippen LogP contribution in [0.2, 0.25) is 0 Å². The third kappa shape index (κ3) is 1.68.